The normalized spacial score (nSPS) is 17.0. The van der Waals surface area contributed by atoms with Gasteiger partial charge in [-0.2, -0.15) is 0 Å². The van der Waals surface area contributed by atoms with E-state index in [1.165, 1.54) is 6.07 Å². The Morgan fingerprint density at radius 2 is 1.91 bits per heavy atom. The Bertz CT molecular complexity index is 557. The van der Waals surface area contributed by atoms with Crippen LogP contribution in [0, 0.1) is 17.6 Å². The Morgan fingerprint density at radius 1 is 1.23 bits per heavy atom. The fraction of sp³-hybridized carbons (Fsp3) is 0.500. The lowest BCUT2D eigenvalue weighted by atomic mass is 9.83. The highest BCUT2D eigenvalue weighted by Gasteiger charge is 2.29. The van der Waals surface area contributed by atoms with Crippen molar-refractivity contribution in [2.45, 2.75) is 44.6 Å². The number of nitrogens with one attached hydrogen (secondary N) is 1. The third-order valence-electron chi connectivity index (χ3n) is 4.11. The lowest BCUT2D eigenvalue weighted by molar-refractivity contribution is -0.128. The summed E-state index contributed by atoms with van der Waals surface area (Å²) in [6, 6.07) is 2.33. The predicted molar refractivity (Wildman–Crippen MR) is 77.8 cm³/mol. The minimum atomic E-state index is -0.775. The molecule has 0 saturated heterocycles. The number of rotatable bonds is 5. The van der Waals surface area contributed by atoms with E-state index < -0.39 is 29.5 Å². The Labute approximate surface area is 128 Å². The van der Waals surface area contributed by atoms with Gasteiger partial charge >= 0.3 is 0 Å². The number of carbonyl (C=O) groups excluding carboxylic acids is 2. The molecule has 0 unspecified atom stereocenters. The van der Waals surface area contributed by atoms with Crippen molar-refractivity contribution in [1.82, 2.24) is 5.32 Å². The number of halogens is 2. The zero-order valence-corrected chi connectivity index (χ0v) is 12.3. The summed E-state index contributed by atoms with van der Waals surface area (Å²) in [6.45, 7) is 0. The topological polar surface area (TPSA) is 72.2 Å². The molecule has 1 aliphatic rings. The highest BCUT2D eigenvalue weighted by atomic mass is 19.1. The molecule has 0 radical (unpaired) electrons. The minimum Gasteiger partial charge on any atom is -0.368 e. The van der Waals surface area contributed by atoms with E-state index in [-0.39, 0.29) is 17.9 Å². The summed E-state index contributed by atoms with van der Waals surface area (Å²) in [7, 11) is 0. The highest BCUT2D eigenvalue weighted by molar-refractivity contribution is 5.87. The number of carbonyl (C=O) groups is 2. The monoisotopic (exact) mass is 310 g/mol. The number of amides is 2. The second kappa shape index (κ2) is 7.33. The number of primary amides is 1. The zero-order chi connectivity index (χ0) is 16.1. The fourth-order valence-electron chi connectivity index (χ4n) is 2.95. The summed E-state index contributed by atoms with van der Waals surface area (Å²) >= 11 is 0. The van der Waals surface area contributed by atoms with Crippen molar-refractivity contribution in [1.29, 1.82) is 0 Å². The Hall–Kier alpha value is -1.98. The summed E-state index contributed by atoms with van der Waals surface area (Å²) in [5.41, 5.74) is 5.47. The van der Waals surface area contributed by atoms with Crippen LogP contribution in [0.3, 0.4) is 0 Å². The smallest absolute Gasteiger partial charge is 0.240 e. The van der Waals surface area contributed by atoms with Gasteiger partial charge in [0.15, 0.2) is 0 Å². The number of benzene rings is 1. The molecule has 1 fully saturated rings. The summed E-state index contributed by atoms with van der Waals surface area (Å²) < 4.78 is 26.4. The van der Waals surface area contributed by atoms with Crippen molar-refractivity contribution in [3.05, 3.63) is 35.4 Å². The van der Waals surface area contributed by atoms with Gasteiger partial charge < -0.3 is 11.1 Å². The van der Waals surface area contributed by atoms with Crippen LogP contribution < -0.4 is 11.1 Å². The third kappa shape index (κ3) is 4.26. The van der Waals surface area contributed by atoms with Crippen LogP contribution in [0.25, 0.3) is 0 Å². The molecular formula is C16H20F2N2O2. The first-order chi connectivity index (χ1) is 10.5. The first kappa shape index (κ1) is 16.4. The second-order valence-electron chi connectivity index (χ2n) is 5.76. The molecule has 0 aromatic heterocycles. The molecule has 0 heterocycles. The predicted octanol–water partition coefficient (Wildman–Crippen LogP) is 2.06. The maximum atomic E-state index is 13.5. The van der Waals surface area contributed by atoms with E-state index in [9.17, 15) is 18.4 Å². The molecular weight excluding hydrogens is 290 g/mol. The van der Waals surface area contributed by atoms with E-state index in [1.807, 2.05) is 0 Å². The summed E-state index contributed by atoms with van der Waals surface area (Å²) in [6.07, 6.45) is 4.59. The standard InChI is InChI=1S/C16H20F2N2O2/c17-12-7-6-11(13(18)9-12)8-14(21)20-15(16(19)22)10-4-2-1-3-5-10/h6-7,9-10,15H,1-5,8H2,(H2,19,22)(H,20,21)/t15-/m0/s1. The van der Waals surface area contributed by atoms with Gasteiger partial charge in [-0.25, -0.2) is 8.78 Å². The van der Waals surface area contributed by atoms with Gasteiger partial charge in [-0.3, -0.25) is 9.59 Å². The Balaban J connectivity index is 2.00. The molecule has 120 valence electrons. The van der Waals surface area contributed by atoms with Crippen LogP contribution in [-0.4, -0.2) is 17.9 Å². The van der Waals surface area contributed by atoms with Gasteiger partial charge in [0.05, 0.1) is 6.42 Å². The lowest BCUT2D eigenvalue weighted by Gasteiger charge is -2.28. The van der Waals surface area contributed by atoms with E-state index in [0.29, 0.717) is 0 Å². The molecule has 0 aliphatic heterocycles. The number of nitrogens with two attached hydrogens (primary N) is 1. The molecule has 22 heavy (non-hydrogen) atoms. The van der Waals surface area contributed by atoms with Crippen molar-refractivity contribution >= 4 is 11.8 Å². The van der Waals surface area contributed by atoms with Crippen molar-refractivity contribution in [2.24, 2.45) is 11.7 Å². The molecule has 0 bridgehead atoms. The van der Waals surface area contributed by atoms with Crippen molar-refractivity contribution in [2.75, 3.05) is 0 Å². The lowest BCUT2D eigenvalue weighted by Crippen LogP contribution is -2.50. The molecule has 1 atom stereocenters. The van der Waals surface area contributed by atoms with Crippen LogP contribution in [-0.2, 0) is 16.0 Å². The van der Waals surface area contributed by atoms with E-state index >= 15 is 0 Å². The Morgan fingerprint density at radius 3 is 2.50 bits per heavy atom. The Kier molecular flexibility index (Phi) is 5.46. The van der Waals surface area contributed by atoms with Gasteiger partial charge in [-0.05, 0) is 30.4 Å². The largest absolute Gasteiger partial charge is 0.368 e. The average molecular weight is 310 g/mol. The molecule has 1 aromatic carbocycles. The molecule has 2 amide bonds. The van der Waals surface area contributed by atoms with E-state index in [2.05, 4.69) is 5.32 Å². The van der Waals surface area contributed by atoms with E-state index in [1.54, 1.807) is 0 Å². The van der Waals surface area contributed by atoms with Gasteiger partial charge in [0.1, 0.15) is 17.7 Å². The molecule has 4 nitrogen and oxygen atoms in total. The molecule has 1 saturated carbocycles. The molecule has 2 rings (SSSR count). The SMILES string of the molecule is NC(=O)[C@@H](NC(=O)Cc1ccc(F)cc1F)C1CCCCC1. The molecule has 0 spiro atoms. The van der Waals surface area contributed by atoms with Crippen LogP contribution >= 0.6 is 0 Å². The molecule has 3 N–H and O–H groups in total. The van der Waals surface area contributed by atoms with Crippen molar-refractivity contribution < 1.29 is 18.4 Å². The minimum absolute atomic E-state index is 0.0354. The maximum Gasteiger partial charge on any atom is 0.240 e. The van der Waals surface area contributed by atoms with Crippen LogP contribution in [0.4, 0.5) is 8.78 Å². The zero-order valence-electron chi connectivity index (χ0n) is 12.3. The van der Waals surface area contributed by atoms with Crippen LogP contribution in [0.2, 0.25) is 0 Å². The first-order valence-electron chi connectivity index (χ1n) is 7.50. The second-order valence-corrected chi connectivity index (χ2v) is 5.76. The molecule has 1 aliphatic carbocycles. The van der Waals surface area contributed by atoms with E-state index in [4.69, 9.17) is 5.73 Å². The van der Waals surface area contributed by atoms with E-state index in [0.717, 1.165) is 44.2 Å². The first-order valence-corrected chi connectivity index (χ1v) is 7.50. The quantitative estimate of drug-likeness (QED) is 0.874. The van der Waals surface area contributed by atoms with Gasteiger partial charge in [0, 0.05) is 6.07 Å². The highest BCUT2D eigenvalue weighted by Crippen LogP contribution is 2.26. The van der Waals surface area contributed by atoms with Gasteiger partial charge in [-0.15, -0.1) is 0 Å². The van der Waals surface area contributed by atoms with Crippen LogP contribution in [0.1, 0.15) is 37.7 Å². The molecule has 6 heteroatoms. The number of hydrogen-bond donors (Lipinski definition) is 2. The van der Waals surface area contributed by atoms with Gasteiger partial charge in [0.25, 0.3) is 0 Å². The van der Waals surface area contributed by atoms with Crippen LogP contribution in [0.15, 0.2) is 18.2 Å². The summed E-state index contributed by atoms with van der Waals surface area (Å²) in [5.74, 6) is -2.49. The number of hydrogen-bond acceptors (Lipinski definition) is 2. The average Bonchev–Trinajstić information content (AvgIpc) is 2.48. The van der Waals surface area contributed by atoms with Gasteiger partial charge in [-0.1, -0.05) is 25.3 Å². The van der Waals surface area contributed by atoms with Crippen molar-refractivity contribution in [3.8, 4) is 0 Å². The van der Waals surface area contributed by atoms with Crippen molar-refractivity contribution in [3.63, 3.8) is 0 Å². The summed E-state index contributed by atoms with van der Waals surface area (Å²) in [4.78, 5) is 23.6. The van der Waals surface area contributed by atoms with Gasteiger partial charge in [0.2, 0.25) is 11.8 Å². The summed E-state index contributed by atoms with van der Waals surface area (Å²) in [5, 5.41) is 2.60. The third-order valence-corrected chi connectivity index (χ3v) is 4.11. The fourth-order valence-corrected chi connectivity index (χ4v) is 2.95. The maximum absolute atomic E-state index is 13.5. The molecule has 1 aromatic rings. The van der Waals surface area contributed by atoms with Crippen LogP contribution in [0.5, 0.6) is 0 Å².